The maximum Gasteiger partial charge on any atom is 0.0960 e. The van der Waals surface area contributed by atoms with Gasteiger partial charge >= 0.3 is 0 Å². The molecule has 17 heavy (non-hydrogen) atoms. The van der Waals surface area contributed by atoms with Crippen LogP contribution in [-0.2, 0) is 0 Å². The Hall–Kier alpha value is -1.35. The summed E-state index contributed by atoms with van der Waals surface area (Å²) in [6.07, 6.45) is 4.61. The second-order valence-electron chi connectivity index (χ2n) is 5.20. The van der Waals surface area contributed by atoms with Gasteiger partial charge in [0.1, 0.15) is 0 Å². The quantitative estimate of drug-likeness (QED) is 0.818. The lowest BCUT2D eigenvalue weighted by Gasteiger charge is -2.13. The summed E-state index contributed by atoms with van der Waals surface area (Å²) in [5.74, 6) is 0. The number of hydrogen-bond acceptors (Lipinski definition) is 2. The van der Waals surface area contributed by atoms with Crippen molar-refractivity contribution in [2.45, 2.75) is 45.3 Å². The highest BCUT2D eigenvalue weighted by molar-refractivity contribution is 5.77. The summed E-state index contributed by atoms with van der Waals surface area (Å²) in [5.41, 5.74) is 4.86. The van der Waals surface area contributed by atoms with E-state index in [4.69, 9.17) is 0 Å². The van der Waals surface area contributed by atoms with Crippen LogP contribution in [0.2, 0.25) is 0 Å². The van der Waals surface area contributed by atoms with Crippen LogP contribution < -0.4 is 0 Å². The van der Waals surface area contributed by atoms with Crippen LogP contribution in [0, 0.1) is 13.8 Å². The number of rotatable bonds is 1. The highest BCUT2D eigenvalue weighted by atomic mass is 16.3. The average Bonchev–Trinajstić information content (AvgIpc) is 2.86. The van der Waals surface area contributed by atoms with Gasteiger partial charge in [0.25, 0.3) is 0 Å². The summed E-state index contributed by atoms with van der Waals surface area (Å²) in [7, 11) is 0. The van der Waals surface area contributed by atoms with E-state index in [1.165, 1.54) is 16.6 Å². The van der Waals surface area contributed by atoms with E-state index in [0.29, 0.717) is 6.04 Å². The molecule has 0 aliphatic heterocycles. The van der Waals surface area contributed by atoms with Crippen molar-refractivity contribution in [2.75, 3.05) is 0 Å². The van der Waals surface area contributed by atoms with E-state index in [-0.39, 0.29) is 6.10 Å². The number of imidazole rings is 1. The predicted molar refractivity (Wildman–Crippen MR) is 68.1 cm³/mol. The molecule has 2 unspecified atom stereocenters. The highest BCUT2D eigenvalue weighted by Gasteiger charge is 2.25. The molecule has 1 aromatic heterocycles. The molecule has 0 amide bonds. The maximum absolute atomic E-state index is 9.64. The first kappa shape index (κ1) is 10.8. The first-order chi connectivity index (χ1) is 8.15. The van der Waals surface area contributed by atoms with Crippen LogP contribution in [0.15, 0.2) is 18.5 Å². The predicted octanol–water partition coefficient (Wildman–Crippen LogP) is 2.74. The van der Waals surface area contributed by atoms with Crippen LogP contribution in [0.5, 0.6) is 0 Å². The van der Waals surface area contributed by atoms with E-state index in [2.05, 4.69) is 35.5 Å². The van der Waals surface area contributed by atoms with Gasteiger partial charge < -0.3 is 9.67 Å². The van der Waals surface area contributed by atoms with E-state index in [9.17, 15) is 5.11 Å². The van der Waals surface area contributed by atoms with Crippen LogP contribution in [0.25, 0.3) is 11.0 Å². The van der Waals surface area contributed by atoms with E-state index >= 15 is 0 Å². The maximum atomic E-state index is 9.64. The van der Waals surface area contributed by atoms with Crippen LogP contribution in [0.4, 0.5) is 0 Å². The van der Waals surface area contributed by atoms with Crippen molar-refractivity contribution in [3.63, 3.8) is 0 Å². The number of hydrogen-bond donors (Lipinski definition) is 1. The molecule has 0 saturated heterocycles. The van der Waals surface area contributed by atoms with Crippen LogP contribution in [0.3, 0.4) is 0 Å². The molecule has 0 spiro atoms. The van der Waals surface area contributed by atoms with Gasteiger partial charge in [0.15, 0.2) is 0 Å². The molecule has 3 nitrogen and oxygen atoms in total. The molecule has 1 saturated carbocycles. The zero-order valence-electron chi connectivity index (χ0n) is 10.3. The molecule has 2 aromatic rings. The van der Waals surface area contributed by atoms with Crippen molar-refractivity contribution in [3.8, 4) is 0 Å². The summed E-state index contributed by atoms with van der Waals surface area (Å²) in [6, 6.07) is 4.77. The van der Waals surface area contributed by atoms with Gasteiger partial charge in [-0.1, -0.05) is 0 Å². The third-order valence-electron chi connectivity index (χ3n) is 3.96. The first-order valence-electron chi connectivity index (χ1n) is 6.27. The normalized spacial score (nSPS) is 24.6. The van der Waals surface area contributed by atoms with Gasteiger partial charge in [0.2, 0.25) is 0 Å². The molecule has 1 aliphatic rings. The molecule has 1 N–H and O–H groups in total. The summed E-state index contributed by atoms with van der Waals surface area (Å²) in [6.45, 7) is 4.25. The Kier molecular flexibility index (Phi) is 2.44. The molecule has 1 fully saturated rings. The first-order valence-corrected chi connectivity index (χ1v) is 6.27. The highest BCUT2D eigenvalue weighted by Crippen LogP contribution is 2.32. The molecule has 0 bridgehead atoms. The number of aliphatic hydroxyl groups excluding tert-OH is 1. The number of benzene rings is 1. The Morgan fingerprint density at radius 2 is 2.00 bits per heavy atom. The van der Waals surface area contributed by atoms with Crippen molar-refractivity contribution in [3.05, 3.63) is 29.6 Å². The lowest BCUT2D eigenvalue weighted by molar-refractivity contribution is 0.178. The topological polar surface area (TPSA) is 38.0 Å². The smallest absolute Gasteiger partial charge is 0.0960 e. The van der Waals surface area contributed by atoms with E-state index in [1.54, 1.807) is 0 Å². The van der Waals surface area contributed by atoms with Crippen LogP contribution >= 0.6 is 0 Å². The Bertz CT molecular complexity index is 559. The standard InChI is InChI=1S/C14H18N2O/c1-9-5-13-14(6-10(9)2)16(8-15-13)11-3-4-12(17)7-11/h5-6,8,11-12,17H,3-4,7H2,1-2H3. The van der Waals surface area contributed by atoms with Crippen molar-refractivity contribution >= 4 is 11.0 Å². The summed E-state index contributed by atoms with van der Waals surface area (Å²) in [5, 5.41) is 9.64. The van der Waals surface area contributed by atoms with E-state index in [0.717, 1.165) is 24.8 Å². The van der Waals surface area contributed by atoms with Crippen molar-refractivity contribution in [1.82, 2.24) is 9.55 Å². The molecule has 0 radical (unpaired) electrons. The number of aliphatic hydroxyl groups is 1. The molecule has 1 aromatic carbocycles. The fourth-order valence-corrected chi connectivity index (χ4v) is 2.76. The molecule has 1 aliphatic carbocycles. The molecule has 90 valence electrons. The monoisotopic (exact) mass is 230 g/mol. The second kappa shape index (κ2) is 3.84. The van der Waals surface area contributed by atoms with Crippen LogP contribution in [0.1, 0.15) is 36.4 Å². The van der Waals surface area contributed by atoms with Gasteiger partial charge in [0.05, 0.1) is 23.5 Å². The molecule has 2 atom stereocenters. The fourth-order valence-electron chi connectivity index (χ4n) is 2.76. The van der Waals surface area contributed by atoms with Gasteiger partial charge in [0, 0.05) is 6.04 Å². The van der Waals surface area contributed by atoms with Crippen molar-refractivity contribution in [2.24, 2.45) is 0 Å². The minimum Gasteiger partial charge on any atom is -0.393 e. The third kappa shape index (κ3) is 1.75. The van der Waals surface area contributed by atoms with Gasteiger partial charge in [-0.05, 0) is 56.4 Å². The van der Waals surface area contributed by atoms with Gasteiger partial charge in [-0.2, -0.15) is 0 Å². The molecular formula is C14H18N2O. The minimum atomic E-state index is -0.135. The Morgan fingerprint density at radius 1 is 1.24 bits per heavy atom. The number of aryl methyl sites for hydroxylation is 2. The van der Waals surface area contributed by atoms with Gasteiger partial charge in [-0.3, -0.25) is 0 Å². The molecule has 3 rings (SSSR count). The molecule has 1 heterocycles. The SMILES string of the molecule is Cc1cc2ncn(C3CCC(O)C3)c2cc1C. The van der Waals surface area contributed by atoms with Gasteiger partial charge in [-0.25, -0.2) is 4.98 Å². The van der Waals surface area contributed by atoms with E-state index < -0.39 is 0 Å². The zero-order valence-corrected chi connectivity index (χ0v) is 10.3. The third-order valence-corrected chi connectivity index (χ3v) is 3.96. The lowest BCUT2D eigenvalue weighted by atomic mass is 10.1. The average molecular weight is 230 g/mol. The minimum absolute atomic E-state index is 0.135. The second-order valence-corrected chi connectivity index (χ2v) is 5.20. The van der Waals surface area contributed by atoms with Crippen molar-refractivity contribution in [1.29, 1.82) is 0 Å². The Balaban J connectivity index is 2.08. The lowest BCUT2D eigenvalue weighted by Crippen LogP contribution is -2.06. The Morgan fingerprint density at radius 3 is 2.71 bits per heavy atom. The van der Waals surface area contributed by atoms with E-state index in [1.807, 2.05) is 6.33 Å². The summed E-state index contributed by atoms with van der Waals surface area (Å²) < 4.78 is 2.23. The number of fused-ring (bicyclic) bond motifs is 1. The largest absolute Gasteiger partial charge is 0.393 e. The number of nitrogens with zero attached hydrogens (tertiary/aromatic N) is 2. The fraction of sp³-hybridized carbons (Fsp3) is 0.500. The summed E-state index contributed by atoms with van der Waals surface area (Å²) in [4.78, 5) is 4.47. The number of aromatic nitrogens is 2. The summed E-state index contributed by atoms with van der Waals surface area (Å²) >= 11 is 0. The van der Waals surface area contributed by atoms with Crippen LogP contribution in [-0.4, -0.2) is 20.8 Å². The molecular weight excluding hydrogens is 212 g/mol. The van der Waals surface area contributed by atoms with Crippen molar-refractivity contribution < 1.29 is 5.11 Å². The van der Waals surface area contributed by atoms with Gasteiger partial charge in [-0.15, -0.1) is 0 Å². The Labute approximate surface area is 101 Å². The molecule has 3 heteroatoms. The zero-order chi connectivity index (χ0) is 12.0.